The number of nitrogens with one attached hydrogen (secondary N) is 1. The number of aromatic amines is 1. The molecular weight excluding hydrogens is 400 g/mol. The van der Waals surface area contributed by atoms with Gasteiger partial charge in [0.1, 0.15) is 0 Å². The van der Waals surface area contributed by atoms with Crippen molar-refractivity contribution in [1.82, 2.24) is 9.29 Å². The molecule has 6 heteroatoms. The Morgan fingerprint density at radius 3 is 2.52 bits per heavy atom. The zero-order chi connectivity index (χ0) is 17.4. The molecular formula is C19H19BrN2O2S. The van der Waals surface area contributed by atoms with E-state index < -0.39 is 10.0 Å². The summed E-state index contributed by atoms with van der Waals surface area (Å²) in [5, 5.41) is 0.910. The highest BCUT2D eigenvalue weighted by Gasteiger charge is 2.26. The molecule has 1 aliphatic heterocycles. The summed E-state index contributed by atoms with van der Waals surface area (Å²) in [6.45, 7) is 1.24. The fourth-order valence-corrected chi connectivity index (χ4v) is 5.29. The largest absolute Gasteiger partial charge is 0.355 e. The first-order valence-electron chi connectivity index (χ1n) is 8.43. The quantitative estimate of drug-likeness (QED) is 0.665. The van der Waals surface area contributed by atoms with Crippen LogP contribution >= 0.6 is 15.9 Å². The van der Waals surface area contributed by atoms with Gasteiger partial charge in [-0.15, -0.1) is 0 Å². The summed E-state index contributed by atoms with van der Waals surface area (Å²) >= 11 is 3.49. The van der Waals surface area contributed by atoms with Gasteiger partial charge in [0.05, 0.1) is 4.90 Å². The van der Waals surface area contributed by atoms with E-state index in [1.54, 1.807) is 16.4 Å². The normalized spacial score (nSPS) is 16.4. The maximum Gasteiger partial charge on any atom is 0.243 e. The van der Waals surface area contributed by atoms with E-state index in [1.165, 1.54) is 0 Å². The monoisotopic (exact) mass is 418 g/mol. The van der Waals surface area contributed by atoms with Crippen LogP contribution in [-0.4, -0.2) is 30.8 Å². The Kier molecular flexibility index (Phi) is 4.43. The second-order valence-electron chi connectivity index (χ2n) is 6.41. The molecule has 4 rings (SSSR count). The third-order valence-corrected chi connectivity index (χ3v) is 7.07. The predicted molar refractivity (Wildman–Crippen MR) is 104 cm³/mol. The highest BCUT2D eigenvalue weighted by atomic mass is 79.9. The van der Waals surface area contributed by atoms with Crippen LogP contribution in [0.15, 0.2) is 57.9 Å². The smallest absolute Gasteiger partial charge is 0.243 e. The lowest BCUT2D eigenvalue weighted by Crippen LogP contribution is -2.35. The lowest BCUT2D eigenvalue weighted by atomic mass is 10.1. The Bertz CT molecular complexity index is 1020. The highest BCUT2D eigenvalue weighted by molar-refractivity contribution is 9.10. The second-order valence-corrected chi connectivity index (χ2v) is 9.26. The van der Waals surface area contributed by atoms with Crippen molar-refractivity contribution < 1.29 is 8.42 Å². The highest BCUT2D eigenvalue weighted by Crippen LogP contribution is 2.29. The number of halogens is 1. The van der Waals surface area contributed by atoms with E-state index in [2.05, 4.69) is 20.9 Å². The molecule has 0 radical (unpaired) electrons. The number of hydrogen-bond donors (Lipinski definition) is 1. The molecule has 130 valence electrons. The van der Waals surface area contributed by atoms with Crippen molar-refractivity contribution in [2.24, 2.45) is 0 Å². The second kappa shape index (κ2) is 6.59. The van der Waals surface area contributed by atoms with Crippen molar-refractivity contribution in [3.05, 3.63) is 53.0 Å². The van der Waals surface area contributed by atoms with Crippen LogP contribution in [0.3, 0.4) is 0 Å². The Labute approximate surface area is 156 Å². The maximum absolute atomic E-state index is 12.9. The summed E-state index contributed by atoms with van der Waals surface area (Å²) in [7, 11) is -3.40. The number of benzene rings is 2. The van der Waals surface area contributed by atoms with Gasteiger partial charge in [-0.1, -0.05) is 34.5 Å². The van der Waals surface area contributed by atoms with Gasteiger partial charge in [-0.2, -0.15) is 4.31 Å². The first kappa shape index (κ1) is 16.8. The molecule has 2 aromatic carbocycles. The molecule has 1 saturated heterocycles. The third kappa shape index (κ3) is 3.26. The number of sulfonamides is 1. The van der Waals surface area contributed by atoms with Crippen LogP contribution in [0, 0.1) is 0 Å². The standard InChI is InChI=1S/C19H19BrN2O2S/c20-16-6-4-5-14(11-16)19-13-15-12-17(7-8-18(15)21-19)25(23,24)22-9-2-1-3-10-22/h4-8,11-13,21H,1-3,9-10H2. The molecule has 0 amide bonds. The minimum absolute atomic E-state index is 0.377. The van der Waals surface area contributed by atoms with Gasteiger partial charge in [-0.25, -0.2) is 8.42 Å². The minimum Gasteiger partial charge on any atom is -0.355 e. The van der Waals surface area contributed by atoms with Gasteiger partial charge < -0.3 is 4.98 Å². The summed E-state index contributed by atoms with van der Waals surface area (Å²) in [5.74, 6) is 0. The van der Waals surface area contributed by atoms with Crippen LogP contribution in [0.5, 0.6) is 0 Å². The van der Waals surface area contributed by atoms with E-state index in [4.69, 9.17) is 0 Å². The summed E-state index contributed by atoms with van der Waals surface area (Å²) < 4.78 is 28.3. The molecule has 1 fully saturated rings. The van der Waals surface area contributed by atoms with Crippen molar-refractivity contribution in [3.8, 4) is 11.3 Å². The van der Waals surface area contributed by atoms with E-state index in [0.29, 0.717) is 18.0 Å². The summed E-state index contributed by atoms with van der Waals surface area (Å²) in [6.07, 6.45) is 3.00. The number of hydrogen-bond acceptors (Lipinski definition) is 2. The molecule has 1 aromatic heterocycles. The number of fused-ring (bicyclic) bond motifs is 1. The van der Waals surface area contributed by atoms with E-state index in [9.17, 15) is 8.42 Å². The Balaban J connectivity index is 1.73. The third-order valence-electron chi connectivity index (χ3n) is 4.68. The van der Waals surface area contributed by atoms with Crippen molar-refractivity contribution in [2.75, 3.05) is 13.1 Å². The van der Waals surface area contributed by atoms with Gasteiger partial charge in [-0.3, -0.25) is 0 Å². The SMILES string of the molecule is O=S(=O)(c1ccc2[nH]c(-c3cccc(Br)c3)cc2c1)N1CCCCC1. The van der Waals surface area contributed by atoms with Gasteiger partial charge in [0.15, 0.2) is 0 Å². The van der Waals surface area contributed by atoms with Crippen molar-refractivity contribution >= 4 is 36.9 Å². The van der Waals surface area contributed by atoms with E-state index in [0.717, 1.165) is 45.9 Å². The van der Waals surface area contributed by atoms with E-state index in [-0.39, 0.29) is 0 Å². The molecule has 0 saturated carbocycles. The first-order chi connectivity index (χ1) is 12.0. The Morgan fingerprint density at radius 1 is 0.960 bits per heavy atom. The van der Waals surface area contributed by atoms with Crippen LogP contribution < -0.4 is 0 Å². The predicted octanol–water partition coefficient (Wildman–Crippen LogP) is 4.77. The Hall–Kier alpha value is -1.63. The van der Waals surface area contributed by atoms with Gasteiger partial charge in [0.25, 0.3) is 0 Å². The maximum atomic E-state index is 12.9. The minimum atomic E-state index is -3.40. The topological polar surface area (TPSA) is 53.2 Å². The summed E-state index contributed by atoms with van der Waals surface area (Å²) in [5.41, 5.74) is 2.97. The fraction of sp³-hybridized carbons (Fsp3) is 0.263. The number of aromatic nitrogens is 1. The average molecular weight is 419 g/mol. The zero-order valence-electron chi connectivity index (χ0n) is 13.7. The first-order valence-corrected chi connectivity index (χ1v) is 10.7. The Morgan fingerprint density at radius 2 is 1.76 bits per heavy atom. The number of rotatable bonds is 3. The zero-order valence-corrected chi connectivity index (χ0v) is 16.1. The molecule has 2 heterocycles. The molecule has 0 unspecified atom stereocenters. The lowest BCUT2D eigenvalue weighted by Gasteiger charge is -2.25. The molecule has 0 bridgehead atoms. The number of nitrogens with zero attached hydrogens (tertiary/aromatic N) is 1. The van der Waals surface area contributed by atoms with Gasteiger partial charge in [0, 0.05) is 34.2 Å². The van der Waals surface area contributed by atoms with Gasteiger partial charge in [-0.05, 0) is 54.8 Å². The van der Waals surface area contributed by atoms with Crippen LogP contribution in [0.4, 0.5) is 0 Å². The molecule has 25 heavy (non-hydrogen) atoms. The summed E-state index contributed by atoms with van der Waals surface area (Å²) in [6, 6.07) is 15.4. The average Bonchev–Trinajstić information content (AvgIpc) is 3.06. The lowest BCUT2D eigenvalue weighted by molar-refractivity contribution is 0.346. The van der Waals surface area contributed by atoms with Crippen molar-refractivity contribution in [1.29, 1.82) is 0 Å². The van der Waals surface area contributed by atoms with E-state index >= 15 is 0 Å². The molecule has 0 aliphatic carbocycles. The van der Waals surface area contributed by atoms with Crippen LogP contribution in [0.2, 0.25) is 0 Å². The van der Waals surface area contributed by atoms with Crippen LogP contribution in [-0.2, 0) is 10.0 Å². The molecule has 1 aliphatic rings. The number of piperidine rings is 1. The van der Waals surface area contributed by atoms with Gasteiger partial charge in [0.2, 0.25) is 10.0 Å². The van der Waals surface area contributed by atoms with E-state index in [1.807, 2.05) is 36.4 Å². The molecule has 0 atom stereocenters. The van der Waals surface area contributed by atoms with Crippen molar-refractivity contribution in [2.45, 2.75) is 24.2 Å². The van der Waals surface area contributed by atoms with Crippen molar-refractivity contribution in [3.63, 3.8) is 0 Å². The van der Waals surface area contributed by atoms with Crippen LogP contribution in [0.1, 0.15) is 19.3 Å². The molecule has 0 spiro atoms. The fourth-order valence-electron chi connectivity index (χ4n) is 3.34. The summed E-state index contributed by atoms with van der Waals surface area (Å²) in [4.78, 5) is 3.74. The number of H-pyrrole nitrogens is 1. The molecule has 3 aromatic rings. The molecule has 4 nitrogen and oxygen atoms in total. The van der Waals surface area contributed by atoms with Gasteiger partial charge >= 0.3 is 0 Å². The van der Waals surface area contributed by atoms with Crippen LogP contribution in [0.25, 0.3) is 22.2 Å². The molecule has 1 N–H and O–H groups in total.